The Morgan fingerprint density at radius 1 is 1.20 bits per heavy atom. The first-order chi connectivity index (χ1) is 9.75. The molecule has 110 valence electrons. The Bertz CT molecular complexity index is 452. The Labute approximate surface area is 122 Å². The second-order valence-corrected chi connectivity index (χ2v) is 6.30. The van der Waals surface area contributed by atoms with E-state index in [1.165, 1.54) is 49.9 Å². The van der Waals surface area contributed by atoms with Crippen molar-refractivity contribution < 1.29 is 4.74 Å². The van der Waals surface area contributed by atoms with Crippen LogP contribution in [0, 0.1) is 12.8 Å². The fraction of sp³-hybridized carbons (Fsp3) is 0.647. The molecule has 3 nitrogen and oxygen atoms in total. The molecule has 2 unspecified atom stereocenters. The third kappa shape index (κ3) is 2.84. The van der Waals surface area contributed by atoms with Crippen molar-refractivity contribution >= 4 is 0 Å². The van der Waals surface area contributed by atoms with Crippen LogP contribution in [0.25, 0.3) is 0 Å². The van der Waals surface area contributed by atoms with Gasteiger partial charge >= 0.3 is 0 Å². The van der Waals surface area contributed by atoms with Gasteiger partial charge in [-0.05, 0) is 38.4 Å². The van der Waals surface area contributed by atoms with E-state index in [-0.39, 0.29) is 6.04 Å². The predicted octanol–water partition coefficient (Wildman–Crippen LogP) is 2.88. The number of fused-ring (bicyclic) bond motifs is 1. The van der Waals surface area contributed by atoms with Gasteiger partial charge in [0.25, 0.3) is 0 Å². The molecule has 1 fully saturated rings. The summed E-state index contributed by atoms with van der Waals surface area (Å²) >= 11 is 0. The van der Waals surface area contributed by atoms with Crippen molar-refractivity contribution in [3.05, 3.63) is 29.3 Å². The number of para-hydroxylation sites is 1. The lowest BCUT2D eigenvalue weighted by molar-refractivity contribution is 0.140. The molecule has 2 heterocycles. The Morgan fingerprint density at radius 2 is 1.95 bits per heavy atom. The van der Waals surface area contributed by atoms with Crippen LogP contribution in [0.2, 0.25) is 0 Å². The number of nitrogens with zero attached hydrogens (tertiary/aromatic N) is 1. The number of nitrogens with two attached hydrogens (primary N) is 1. The molecule has 0 radical (unpaired) electrons. The van der Waals surface area contributed by atoms with E-state index < -0.39 is 0 Å². The lowest BCUT2D eigenvalue weighted by Crippen LogP contribution is -2.40. The molecule has 0 amide bonds. The summed E-state index contributed by atoms with van der Waals surface area (Å²) in [6, 6.07) is 6.43. The van der Waals surface area contributed by atoms with Crippen molar-refractivity contribution in [2.75, 3.05) is 26.2 Å². The molecular formula is C17H26N2O. The summed E-state index contributed by atoms with van der Waals surface area (Å²) in [6.45, 7) is 6.39. The third-order valence-corrected chi connectivity index (χ3v) is 4.74. The average Bonchev–Trinajstić information content (AvgIpc) is 2.71. The summed E-state index contributed by atoms with van der Waals surface area (Å²) < 4.78 is 6.00. The normalized spacial score (nSPS) is 27.5. The topological polar surface area (TPSA) is 38.5 Å². The minimum Gasteiger partial charge on any atom is -0.493 e. The summed E-state index contributed by atoms with van der Waals surface area (Å²) in [6.07, 6.45) is 5.43. The number of benzene rings is 1. The van der Waals surface area contributed by atoms with E-state index in [1.807, 2.05) is 0 Å². The van der Waals surface area contributed by atoms with Gasteiger partial charge in [0.05, 0.1) is 6.61 Å². The fourth-order valence-corrected chi connectivity index (χ4v) is 3.50. The quantitative estimate of drug-likeness (QED) is 0.901. The molecule has 3 heteroatoms. The van der Waals surface area contributed by atoms with Gasteiger partial charge in [0, 0.05) is 24.1 Å². The molecule has 3 rings (SSSR count). The second kappa shape index (κ2) is 6.15. The lowest BCUT2D eigenvalue weighted by Gasteiger charge is -2.35. The number of ether oxygens (including phenoxy) is 1. The van der Waals surface area contributed by atoms with Crippen LogP contribution in [0.15, 0.2) is 18.2 Å². The van der Waals surface area contributed by atoms with Crippen LogP contribution < -0.4 is 10.5 Å². The first-order valence-electron chi connectivity index (χ1n) is 7.96. The zero-order chi connectivity index (χ0) is 13.9. The molecule has 1 aromatic rings. The summed E-state index contributed by atoms with van der Waals surface area (Å²) in [5, 5.41) is 0. The van der Waals surface area contributed by atoms with Crippen LogP contribution in [0.4, 0.5) is 0 Å². The highest BCUT2D eigenvalue weighted by Crippen LogP contribution is 2.36. The van der Waals surface area contributed by atoms with Gasteiger partial charge in [0.15, 0.2) is 0 Å². The maximum absolute atomic E-state index is 6.51. The van der Waals surface area contributed by atoms with Crippen molar-refractivity contribution in [3.63, 3.8) is 0 Å². The maximum Gasteiger partial charge on any atom is 0.126 e. The molecule has 0 saturated carbocycles. The maximum atomic E-state index is 6.51. The summed E-state index contributed by atoms with van der Waals surface area (Å²) in [4.78, 5) is 2.58. The second-order valence-electron chi connectivity index (χ2n) is 6.30. The van der Waals surface area contributed by atoms with Crippen molar-refractivity contribution in [2.45, 2.75) is 38.6 Å². The van der Waals surface area contributed by atoms with Crippen LogP contribution in [-0.2, 0) is 0 Å². The molecular weight excluding hydrogens is 248 g/mol. The lowest BCUT2D eigenvalue weighted by atomic mass is 9.89. The van der Waals surface area contributed by atoms with Crippen molar-refractivity contribution in [1.29, 1.82) is 0 Å². The monoisotopic (exact) mass is 274 g/mol. The van der Waals surface area contributed by atoms with Crippen molar-refractivity contribution in [3.8, 4) is 5.75 Å². The van der Waals surface area contributed by atoms with E-state index in [4.69, 9.17) is 10.5 Å². The molecule has 2 atom stereocenters. The molecule has 2 aliphatic rings. The molecule has 1 aromatic carbocycles. The zero-order valence-electron chi connectivity index (χ0n) is 12.5. The van der Waals surface area contributed by atoms with Crippen LogP contribution in [-0.4, -0.2) is 31.1 Å². The Kier molecular flexibility index (Phi) is 4.27. The zero-order valence-corrected chi connectivity index (χ0v) is 12.5. The number of hydrogen-bond acceptors (Lipinski definition) is 3. The SMILES string of the molecule is Cc1cccc2c1OCC(CN1CCCCCC1)C2N. The van der Waals surface area contributed by atoms with Crippen LogP contribution in [0.1, 0.15) is 42.9 Å². The van der Waals surface area contributed by atoms with Crippen LogP contribution in [0.3, 0.4) is 0 Å². The van der Waals surface area contributed by atoms with Crippen LogP contribution in [0.5, 0.6) is 5.75 Å². The Hall–Kier alpha value is -1.06. The molecule has 1 saturated heterocycles. The fourth-order valence-electron chi connectivity index (χ4n) is 3.50. The van der Waals surface area contributed by atoms with Gasteiger partial charge in [0.1, 0.15) is 5.75 Å². The molecule has 0 bridgehead atoms. The smallest absolute Gasteiger partial charge is 0.126 e. The highest BCUT2D eigenvalue weighted by atomic mass is 16.5. The van der Waals surface area contributed by atoms with E-state index in [0.29, 0.717) is 5.92 Å². The number of likely N-dealkylation sites (tertiary alicyclic amines) is 1. The summed E-state index contributed by atoms with van der Waals surface area (Å²) in [7, 11) is 0. The van der Waals surface area contributed by atoms with E-state index in [2.05, 4.69) is 30.0 Å². The minimum absolute atomic E-state index is 0.113. The van der Waals surface area contributed by atoms with E-state index >= 15 is 0 Å². The predicted molar refractivity (Wildman–Crippen MR) is 82.0 cm³/mol. The number of hydrogen-bond donors (Lipinski definition) is 1. The first-order valence-corrected chi connectivity index (χ1v) is 7.96. The van der Waals surface area contributed by atoms with Gasteiger partial charge < -0.3 is 15.4 Å². The van der Waals surface area contributed by atoms with Gasteiger partial charge in [-0.3, -0.25) is 0 Å². The average molecular weight is 274 g/mol. The Balaban J connectivity index is 1.70. The molecule has 0 spiro atoms. The standard InChI is InChI=1S/C17H26N2O/c1-13-7-6-8-15-16(18)14(12-20-17(13)15)11-19-9-4-2-3-5-10-19/h6-8,14,16H,2-5,9-12,18H2,1H3. The van der Waals surface area contributed by atoms with E-state index in [1.54, 1.807) is 0 Å². The van der Waals surface area contributed by atoms with Gasteiger partial charge in [-0.1, -0.05) is 31.0 Å². The van der Waals surface area contributed by atoms with Gasteiger partial charge in [-0.25, -0.2) is 0 Å². The first kappa shape index (κ1) is 13.9. The largest absolute Gasteiger partial charge is 0.493 e. The highest BCUT2D eigenvalue weighted by molar-refractivity contribution is 5.44. The summed E-state index contributed by atoms with van der Waals surface area (Å²) in [5.41, 5.74) is 8.90. The van der Waals surface area contributed by atoms with E-state index in [0.717, 1.165) is 18.9 Å². The van der Waals surface area contributed by atoms with Crippen molar-refractivity contribution in [2.24, 2.45) is 11.7 Å². The highest BCUT2D eigenvalue weighted by Gasteiger charge is 2.30. The van der Waals surface area contributed by atoms with Gasteiger partial charge in [0.2, 0.25) is 0 Å². The van der Waals surface area contributed by atoms with Crippen molar-refractivity contribution in [1.82, 2.24) is 4.90 Å². The molecule has 2 N–H and O–H groups in total. The molecule has 2 aliphatic heterocycles. The van der Waals surface area contributed by atoms with Gasteiger partial charge in [-0.15, -0.1) is 0 Å². The molecule has 0 aromatic heterocycles. The third-order valence-electron chi connectivity index (χ3n) is 4.74. The minimum atomic E-state index is 0.113. The van der Waals surface area contributed by atoms with Gasteiger partial charge in [-0.2, -0.15) is 0 Å². The van der Waals surface area contributed by atoms with Crippen LogP contribution >= 0.6 is 0 Å². The Morgan fingerprint density at radius 3 is 2.70 bits per heavy atom. The van der Waals surface area contributed by atoms with E-state index in [9.17, 15) is 0 Å². The number of aryl methyl sites for hydroxylation is 1. The molecule has 0 aliphatic carbocycles. The molecule has 20 heavy (non-hydrogen) atoms. The summed E-state index contributed by atoms with van der Waals surface area (Å²) in [5.74, 6) is 1.44. The number of rotatable bonds is 2.